The maximum Gasteiger partial charge on any atom is 0.161 e. The first-order valence-electron chi connectivity index (χ1n) is 8.42. The summed E-state index contributed by atoms with van der Waals surface area (Å²) in [7, 11) is 3.97. The van der Waals surface area contributed by atoms with E-state index in [0.717, 1.165) is 24.0 Å². The van der Waals surface area contributed by atoms with Crippen molar-refractivity contribution < 1.29 is 9.47 Å². The van der Waals surface area contributed by atoms with Gasteiger partial charge < -0.3 is 14.4 Å². The summed E-state index contributed by atoms with van der Waals surface area (Å²) < 4.78 is 11.1. The first kappa shape index (κ1) is 15.6. The van der Waals surface area contributed by atoms with Gasteiger partial charge in [0.25, 0.3) is 0 Å². The number of piperidine rings is 1. The molecule has 2 bridgehead atoms. The maximum absolute atomic E-state index is 5.61. The summed E-state index contributed by atoms with van der Waals surface area (Å²) in [5.41, 5.74) is 1.32. The van der Waals surface area contributed by atoms with Crippen molar-refractivity contribution in [2.45, 2.75) is 32.4 Å². The highest BCUT2D eigenvalue weighted by molar-refractivity contribution is 5.43. The Labute approximate surface area is 134 Å². The Bertz CT molecular complexity index is 506. The average molecular weight is 304 g/mol. The molecule has 2 atom stereocenters. The molecule has 0 saturated carbocycles. The molecule has 0 spiro atoms. The molecular formula is C18H28N2O2. The van der Waals surface area contributed by atoms with Crippen LogP contribution in [-0.4, -0.2) is 56.2 Å². The fraction of sp³-hybridized carbons (Fsp3) is 0.667. The Kier molecular flexibility index (Phi) is 4.89. The SMILES string of the molecule is CCOc1ccc(CN2C[C@H]3CC[C@@H]2CN(C)C3)cc1OC. The second kappa shape index (κ2) is 6.88. The number of fused-ring (bicyclic) bond motifs is 4. The molecule has 3 heterocycles. The minimum absolute atomic E-state index is 0.665. The molecule has 3 aliphatic heterocycles. The third-order valence-electron chi connectivity index (χ3n) is 4.92. The van der Waals surface area contributed by atoms with E-state index in [-0.39, 0.29) is 0 Å². The van der Waals surface area contributed by atoms with Crippen LogP contribution in [0.15, 0.2) is 18.2 Å². The van der Waals surface area contributed by atoms with Crippen LogP contribution < -0.4 is 9.47 Å². The minimum Gasteiger partial charge on any atom is -0.493 e. The quantitative estimate of drug-likeness (QED) is 0.835. The summed E-state index contributed by atoms with van der Waals surface area (Å²) in [6.07, 6.45) is 2.72. The van der Waals surface area contributed by atoms with E-state index in [1.165, 1.54) is 38.0 Å². The molecule has 4 nitrogen and oxygen atoms in total. The highest BCUT2D eigenvalue weighted by atomic mass is 16.5. The molecule has 3 saturated heterocycles. The summed E-state index contributed by atoms with van der Waals surface area (Å²) in [6.45, 7) is 7.35. The molecule has 0 aromatic heterocycles. The molecule has 3 fully saturated rings. The highest BCUT2D eigenvalue weighted by Gasteiger charge is 2.33. The number of likely N-dealkylation sites (N-methyl/N-ethyl adjacent to an activating group) is 1. The van der Waals surface area contributed by atoms with Gasteiger partial charge in [0, 0.05) is 32.2 Å². The van der Waals surface area contributed by atoms with Crippen LogP contribution in [0.4, 0.5) is 0 Å². The summed E-state index contributed by atoms with van der Waals surface area (Å²) in [5.74, 6) is 2.51. The number of hydrogen-bond acceptors (Lipinski definition) is 4. The predicted octanol–water partition coefficient (Wildman–Crippen LogP) is 2.62. The van der Waals surface area contributed by atoms with E-state index in [4.69, 9.17) is 9.47 Å². The number of methoxy groups -OCH3 is 1. The molecule has 22 heavy (non-hydrogen) atoms. The van der Waals surface area contributed by atoms with E-state index in [9.17, 15) is 0 Å². The van der Waals surface area contributed by atoms with Crippen LogP contribution in [0.1, 0.15) is 25.3 Å². The van der Waals surface area contributed by atoms with Crippen LogP contribution in [0.3, 0.4) is 0 Å². The largest absolute Gasteiger partial charge is 0.493 e. The topological polar surface area (TPSA) is 24.9 Å². The Balaban J connectivity index is 1.73. The number of rotatable bonds is 5. The van der Waals surface area contributed by atoms with Crippen molar-refractivity contribution in [1.29, 1.82) is 0 Å². The lowest BCUT2D eigenvalue weighted by molar-refractivity contribution is 0.124. The van der Waals surface area contributed by atoms with E-state index in [2.05, 4.69) is 29.0 Å². The van der Waals surface area contributed by atoms with Crippen molar-refractivity contribution in [3.05, 3.63) is 23.8 Å². The Morgan fingerprint density at radius 1 is 1.14 bits per heavy atom. The molecule has 1 aromatic rings. The third kappa shape index (κ3) is 3.39. The fourth-order valence-corrected chi connectivity index (χ4v) is 3.93. The number of hydrogen-bond donors (Lipinski definition) is 0. The molecule has 4 heteroatoms. The lowest BCUT2D eigenvalue weighted by atomic mass is 9.94. The van der Waals surface area contributed by atoms with Crippen molar-refractivity contribution in [3.63, 3.8) is 0 Å². The van der Waals surface area contributed by atoms with Crippen LogP contribution >= 0.6 is 0 Å². The van der Waals surface area contributed by atoms with Gasteiger partial charge in [0.15, 0.2) is 11.5 Å². The molecule has 122 valence electrons. The lowest BCUT2D eigenvalue weighted by Gasteiger charge is -2.36. The van der Waals surface area contributed by atoms with E-state index >= 15 is 0 Å². The van der Waals surface area contributed by atoms with Crippen molar-refractivity contribution in [3.8, 4) is 11.5 Å². The van der Waals surface area contributed by atoms with Gasteiger partial charge in [0.1, 0.15) is 0 Å². The second-order valence-corrected chi connectivity index (χ2v) is 6.67. The van der Waals surface area contributed by atoms with Crippen LogP contribution in [0.2, 0.25) is 0 Å². The molecule has 0 radical (unpaired) electrons. The zero-order valence-corrected chi connectivity index (χ0v) is 14.0. The standard InChI is InChI=1S/C18H28N2O2/c1-4-22-17-8-6-14(9-18(17)21-3)11-20-12-15-5-7-16(20)13-19(2)10-15/h6,8-9,15-16H,4-5,7,10-13H2,1-3H3/t15-,16+/m0/s1. The number of ether oxygens (including phenoxy) is 2. The van der Waals surface area contributed by atoms with E-state index in [1.807, 2.05) is 13.0 Å². The van der Waals surface area contributed by atoms with Crippen molar-refractivity contribution in [1.82, 2.24) is 9.80 Å². The monoisotopic (exact) mass is 304 g/mol. The van der Waals surface area contributed by atoms with Gasteiger partial charge >= 0.3 is 0 Å². The number of benzene rings is 1. The Morgan fingerprint density at radius 2 is 2.00 bits per heavy atom. The highest BCUT2D eigenvalue weighted by Crippen LogP contribution is 2.31. The van der Waals surface area contributed by atoms with Crippen molar-refractivity contribution in [2.24, 2.45) is 5.92 Å². The molecule has 0 amide bonds. The van der Waals surface area contributed by atoms with Crippen LogP contribution in [0.25, 0.3) is 0 Å². The van der Waals surface area contributed by atoms with Gasteiger partial charge in [-0.3, -0.25) is 4.90 Å². The third-order valence-corrected chi connectivity index (χ3v) is 4.92. The van der Waals surface area contributed by atoms with Gasteiger partial charge in [0.2, 0.25) is 0 Å². The maximum atomic E-state index is 5.61. The Morgan fingerprint density at radius 3 is 2.77 bits per heavy atom. The first-order valence-corrected chi connectivity index (χ1v) is 8.42. The molecule has 0 N–H and O–H groups in total. The molecular weight excluding hydrogens is 276 g/mol. The Hall–Kier alpha value is -1.26. The van der Waals surface area contributed by atoms with E-state index in [0.29, 0.717) is 12.6 Å². The zero-order chi connectivity index (χ0) is 15.5. The van der Waals surface area contributed by atoms with E-state index < -0.39 is 0 Å². The van der Waals surface area contributed by atoms with Crippen molar-refractivity contribution in [2.75, 3.05) is 40.4 Å². The predicted molar refractivity (Wildman–Crippen MR) is 88.6 cm³/mol. The molecule has 1 aromatic carbocycles. The lowest BCUT2D eigenvalue weighted by Crippen LogP contribution is -2.43. The molecule has 0 unspecified atom stereocenters. The van der Waals surface area contributed by atoms with Gasteiger partial charge in [0.05, 0.1) is 13.7 Å². The first-order chi connectivity index (χ1) is 10.7. The second-order valence-electron chi connectivity index (χ2n) is 6.67. The summed E-state index contributed by atoms with van der Waals surface area (Å²) >= 11 is 0. The summed E-state index contributed by atoms with van der Waals surface area (Å²) in [4.78, 5) is 5.16. The molecule has 4 rings (SSSR count). The zero-order valence-electron chi connectivity index (χ0n) is 14.0. The summed E-state index contributed by atoms with van der Waals surface area (Å²) in [5, 5.41) is 0. The van der Waals surface area contributed by atoms with E-state index in [1.54, 1.807) is 7.11 Å². The van der Waals surface area contributed by atoms with Crippen LogP contribution in [0.5, 0.6) is 11.5 Å². The average Bonchev–Trinajstić information content (AvgIpc) is 2.78. The molecule has 0 aliphatic carbocycles. The van der Waals surface area contributed by atoms with Gasteiger partial charge in [-0.25, -0.2) is 0 Å². The van der Waals surface area contributed by atoms with Crippen LogP contribution in [-0.2, 0) is 6.54 Å². The fourth-order valence-electron chi connectivity index (χ4n) is 3.93. The van der Waals surface area contributed by atoms with Gasteiger partial charge in [-0.2, -0.15) is 0 Å². The van der Waals surface area contributed by atoms with Gasteiger partial charge in [-0.05, 0) is 50.4 Å². The number of nitrogens with zero attached hydrogens (tertiary/aromatic N) is 2. The minimum atomic E-state index is 0.665. The smallest absolute Gasteiger partial charge is 0.161 e. The molecule has 3 aliphatic rings. The van der Waals surface area contributed by atoms with Crippen molar-refractivity contribution >= 4 is 0 Å². The van der Waals surface area contributed by atoms with Crippen LogP contribution in [0, 0.1) is 5.92 Å². The van der Waals surface area contributed by atoms with Gasteiger partial charge in [-0.15, -0.1) is 0 Å². The van der Waals surface area contributed by atoms with Gasteiger partial charge in [-0.1, -0.05) is 6.07 Å². The normalized spacial score (nSPS) is 26.0. The summed E-state index contributed by atoms with van der Waals surface area (Å²) in [6, 6.07) is 7.05.